The molecule has 0 bridgehead atoms. The number of ether oxygens (including phenoxy) is 1. The first-order valence-electron chi connectivity index (χ1n) is 14.0. The van der Waals surface area contributed by atoms with Crippen LogP contribution in [0.4, 0.5) is 11.5 Å². The van der Waals surface area contributed by atoms with Crippen LogP contribution in [0.5, 0.6) is 0 Å². The molecule has 0 atom stereocenters. The zero-order valence-corrected chi connectivity index (χ0v) is 22.2. The first-order valence-corrected chi connectivity index (χ1v) is 14.4. The molecule has 0 spiro atoms. The highest BCUT2D eigenvalue weighted by atomic mass is 35.5. The van der Waals surface area contributed by atoms with Gasteiger partial charge in [0, 0.05) is 62.4 Å². The van der Waals surface area contributed by atoms with E-state index in [1.54, 1.807) is 6.20 Å². The van der Waals surface area contributed by atoms with Gasteiger partial charge in [-0.05, 0) is 94.1 Å². The lowest BCUT2D eigenvalue weighted by molar-refractivity contribution is 0.0699. The molecule has 2 saturated heterocycles. The average molecular weight is 512 g/mol. The van der Waals surface area contributed by atoms with Crippen molar-refractivity contribution in [1.29, 1.82) is 0 Å². The molecule has 1 aliphatic carbocycles. The molecule has 1 saturated carbocycles. The van der Waals surface area contributed by atoms with E-state index in [1.807, 2.05) is 0 Å². The van der Waals surface area contributed by atoms with E-state index in [0.29, 0.717) is 23.0 Å². The minimum Gasteiger partial charge on any atom is -0.385 e. The SMILES string of the molecule is Clc1cnc(N[C@H]2CC[C@H](NCCN3CCCC3)CC2)cc1-c1cccc(NCC2CCOCC2)c1. The van der Waals surface area contributed by atoms with Gasteiger partial charge in [0.25, 0.3) is 0 Å². The highest BCUT2D eigenvalue weighted by Crippen LogP contribution is 2.32. The number of halogens is 1. The van der Waals surface area contributed by atoms with E-state index in [9.17, 15) is 0 Å². The van der Waals surface area contributed by atoms with Gasteiger partial charge in [0.2, 0.25) is 0 Å². The Kier molecular flexibility index (Phi) is 9.37. The van der Waals surface area contributed by atoms with Crippen molar-refractivity contribution < 1.29 is 4.74 Å². The smallest absolute Gasteiger partial charge is 0.126 e. The molecule has 36 heavy (non-hydrogen) atoms. The third-order valence-corrected chi connectivity index (χ3v) is 8.40. The van der Waals surface area contributed by atoms with Crippen LogP contribution < -0.4 is 16.0 Å². The average Bonchev–Trinajstić information content (AvgIpc) is 3.44. The summed E-state index contributed by atoms with van der Waals surface area (Å²) >= 11 is 6.60. The van der Waals surface area contributed by atoms with Crippen molar-refractivity contribution in [3.63, 3.8) is 0 Å². The number of pyridine rings is 1. The number of anilines is 2. The monoisotopic (exact) mass is 511 g/mol. The van der Waals surface area contributed by atoms with Crippen LogP contribution in [0.1, 0.15) is 51.4 Å². The van der Waals surface area contributed by atoms with Crippen LogP contribution in [-0.4, -0.2) is 67.9 Å². The zero-order valence-electron chi connectivity index (χ0n) is 21.5. The van der Waals surface area contributed by atoms with Gasteiger partial charge in [0.05, 0.1) is 5.02 Å². The lowest BCUT2D eigenvalue weighted by Gasteiger charge is -2.30. The van der Waals surface area contributed by atoms with Crippen LogP contribution >= 0.6 is 11.6 Å². The Bertz CT molecular complexity index is 952. The quantitative estimate of drug-likeness (QED) is 0.383. The van der Waals surface area contributed by atoms with Gasteiger partial charge in [-0.3, -0.25) is 0 Å². The van der Waals surface area contributed by atoms with Gasteiger partial charge >= 0.3 is 0 Å². The van der Waals surface area contributed by atoms with Crippen LogP contribution in [-0.2, 0) is 4.74 Å². The molecule has 0 radical (unpaired) electrons. The molecule has 3 N–H and O–H groups in total. The summed E-state index contributed by atoms with van der Waals surface area (Å²) < 4.78 is 5.49. The van der Waals surface area contributed by atoms with Crippen molar-refractivity contribution in [2.75, 3.05) is 56.6 Å². The maximum Gasteiger partial charge on any atom is 0.126 e. The third-order valence-electron chi connectivity index (χ3n) is 8.10. The van der Waals surface area contributed by atoms with Crippen LogP contribution in [0.25, 0.3) is 11.1 Å². The van der Waals surface area contributed by atoms with Gasteiger partial charge in [-0.15, -0.1) is 0 Å². The summed E-state index contributed by atoms with van der Waals surface area (Å²) in [5.74, 6) is 1.60. The van der Waals surface area contributed by atoms with Gasteiger partial charge in [0.15, 0.2) is 0 Å². The molecule has 2 aromatic rings. The zero-order chi connectivity index (χ0) is 24.6. The molecule has 3 fully saturated rings. The predicted molar refractivity (Wildman–Crippen MR) is 150 cm³/mol. The summed E-state index contributed by atoms with van der Waals surface area (Å²) in [4.78, 5) is 7.18. The van der Waals surface area contributed by atoms with Crippen LogP contribution in [0.15, 0.2) is 36.5 Å². The number of likely N-dealkylation sites (tertiary alicyclic amines) is 1. The Morgan fingerprint density at radius 1 is 0.972 bits per heavy atom. The largest absolute Gasteiger partial charge is 0.385 e. The van der Waals surface area contributed by atoms with Crippen molar-refractivity contribution in [3.05, 3.63) is 41.6 Å². The minimum absolute atomic E-state index is 0.468. The molecule has 5 rings (SSSR count). The van der Waals surface area contributed by atoms with Crippen LogP contribution in [0, 0.1) is 5.92 Å². The Morgan fingerprint density at radius 2 is 1.75 bits per heavy atom. The highest BCUT2D eigenvalue weighted by Gasteiger charge is 2.22. The summed E-state index contributed by atoms with van der Waals surface area (Å²) in [6, 6.07) is 11.8. The van der Waals surface area contributed by atoms with Gasteiger partial charge in [-0.1, -0.05) is 23.7 Å². The number of nitrogens with zero attached hydrogens (tertiary/aromatic N) is 2. The molecule has 1 aromatic carbocycles. The molecule has 0 unspecified atom stereocenters. The number of hydrogen-bond acceptors (Lipinski definition) is 6. The minimum atomic E-state index is 0.468. The fraction of sp³-hybridized carbons (Fsp3) is 0.621. The molecular formula is C29H42ClN5O. The Balaban J connectivity index is 1.12. The molecule has 7 heteroatoms. The van der Waals surface area contributed by atoms with Crippen molar-refractivity contribution in [2.24, 2.45) is 5.92 Å². The first kappa shape index (κ1) is 25.8. The maximum atomic E-state index is 6.60. The van der Waals surface area contributed by atoms with Crippen LogP contribution in [0.2, 0.25) is 5.02 Å². The molecule has 196 valence electrons. The molecule has 3 heterocycles. The fourth-order valence-electron chi connectivity index (χ4n) is 5.83. The number of aromatic nitrogens is 1. The lowest BCUT2D eigenvalue weighted by Crippen LogP contribution is -2.40. The topological polar surface area (TPSA) is 61.5 Å². The summed E-state index contributed by atoms with van der Waals surface area (Å²) in [5, 5.41) is 11.8. The van der Waals surface area contributed by atoms with Crippen LogP contribution in [0.3, 0.4) is 0 Å². The summed E-state index contributed by atoms with van der Waals surface area (Å²) in [6.07, 6.45) is 11.6. The van der Waals surface area contributed by atoms with Gasteiger partial charge in [0.1, 0.15) is 5.82 Å². The third kappa shape index (κ3) is 7.34. The number of rotatable bonds is 10. The standard InChI is InChI=1S/C29H42ClN5O/c30-28-21-33-29(34-25-8-6-24(7-9-25)31-12-15-35-13-1-2-14-35)19-27(28)23-4-3-5-26(18-23)32-20-22-10-16-36-17-11-22/h3-5,18-19,21-22,24-25,31-32H,1-2,6-17,20H2,(H,33,34)/t24-,25-. The number of benzene rings is 1. The number of hydrogen-bond donors (Lipinski definition) is 3. The van der Waals surface area contributed by atoms with Gasteiger partial charge in [-0.25, -0.2) is 4.98 Å². The molecule has 0 amide bonds. The normalized spacial score (nSPS) is 23.6. The van der Waals surface area contributed by atoms with E-state index >= 15 is 0 Å². The van der Waals surface area contributed by atoms with Crippen molar-refractivity contribution >= 4 is 23.1 Å². The second-order valence-corrected chi connectivity index (χ2v) is 11.2. The fourth-order valence-corrected chi connectivity index (χ4v) is 6.04. The first-order chi connectivity index (χ1) is 17.7. The summed E-state index contributed by atoms with van der Waals surface area (Å²) in [7, 11) is 0. The second kappa shape index (κ2) is 13.1. The Morgan fingerprint density at radius 3 is 2.56 bits per heavy atom. The second-order valence-electron chi connectivity index (χ2n) is 10.8. The maximum absolute atomic E-state index is 6.60. The molecular weight excluding hydrogens is 470 g/mol. The van der Waals surface area contributed by atoms with Gasteiger partial charge in [-0.2, -0.15) is 0 Å². The predicted octanol–water partition coefficient (Wildman–Crippen LogP) is 5.65. The van der Waals surface area contributed by atoms with Crippen molar-refractivity contribution in [3.8, 4) is 11.1 Å². The Hall–Kier alpha value is -1.86. The summed E-state index contributed by atoms with van der Waals surface area (Å²) in [6.45, 7) is 7.63. The summed E-state index contributed by atoms with van der Waals surface area (Å²) in [5.41, 5.74) is 3.28. The van der Waals surface area contributed by atoms with E-state index < -0.39 is 0 Å². The lowest BCUT2D eigenvalue weighted by atomic mass is 9.91. The molecule has 2 aliphatic heterocycles. The molecule has 6 nitrogen and oxygen atoms in total. The van der Waals surface area contributed by atoms with Crippen molar-refractivity contribution in [2.45, 2.75) is 63.5 Å². The molecule has 1 aromatic heterocycles. The van der Waals surface area contributed by atoms with E-state index in [0.717, 1.165) is 61.8 Å². The van der Waals surface area contributed by atoms with E-state index in [1.165, 1.54) is 58.2 Å². The van der Waals surface area contributed by atoms with E-state index in [4.69, 9.17) is 16.3 Å². The van der Waals surface area contributed by atoms with E-state index in [2.05, 4.69) is 56.2 Å². The molecule has 3 aliphatic rings. The highest BCUT2D eigenvalue weighted by molar-refractivity contribution is 6.33. The Labute approximate surface area is 221 Å². The van der Waals surface area contributed by atoms with E-state index in [-0.39, 0.29) is 0 Å². The van der Waals surface area contributed by atoms with Crippen molar-refractivity contribution in [1.82, 2.24) is 15.2 Å². The van der Waals surface area contributed by atoms with Gasteiger partial charge < -0.3 is 25.6 Å². The number of nitrogens with one attached hydrogen (secondary N) is 3.